The predicted octanol–water partition coefficient (Wildman–Crippen LogP) is 3.65. The van der Waals surface area contributed by atoms with Crippen molar-refractivity contribution in [1.29, 1.82) is 0 Å². The standard InChI is InChI=1S/C15H20ClN3/c1-11(2)15(5-6-15)10-19-13-4-8-17-9-12(13)18-14(19)3-7-16/h4,8-9,11H,3,5-7,10H2,1-2H3. The Balaban J connectivity index is 2.02. The molecule has 1 saturated carbocycles. The Bertz CT molecular complexity index is 584. The molecule has 0 radical (unpaired) electrons. The molecule has 4 heteroatoms. The molecule has 0 aromatic carbocycles. The number of hydrogen-bond acceptors (Lipinski definition) is 2. The lowest BCUT2D eigenvalue weighted by atomic mass is 9.92. The first-order valence-electron chi connectivity index (χ1n) is 7.01. The number of fused-ring (bicyclic) bond motifs is 1. The first-order valence-corrected chi connectivity index (χ1v) is 7.55. The summed E-state index contributed by atoms with van der Waals surface area (Å²) < 4.78 is 2.37. The van der Waals surface area contributed by atoms with Crippen molar-refractivity contribution >= 4 is 22.6 Å². The zero-order valence-electron chi connectivity index (χ0n) is 11.6. The van der Waals surface area contributed by atoms with E-state index in [4.69, 9.17) is 11.6 Å². The highest BCUT2D eigenvalue weighted by atomic mass is 35.5. The fourth-order valence-corrected chi connectivity index (χ4v) is 3.05. The topological polar surface area (TPSA) is 30.7 Å². The van der Waals surface area contributed by atoms with Crippen molar-refractivity contribution in [3.05, 3.63) is 24.3 Å². The zero-order valence-corrected chi connectivity index (χ0v) is 12.3. The fourth-order valence-electron chi connectivity index (χ4n) is 2.88. The van der Waals surface area contributed by atoms with Gasteiger partial charge in [-0.1, -0.05) is 13.8 Å². The first kappa shape index (κ1) is 12.9. The molecule has 2 aromatic rings. The van der Waals surface area contributed by atoms with E-state index in [1.165, 1.54) is 18.4 Å². The molecule has 1 aliphatic rings. The molecular weight excluding hydrogens is 258 g/mol. The lowest BCUT2D eigenvalue weighted by Gasteiger charge is -2.22. The third kappa shape index (κ3) is 2.25. The fraction of sp³-hybridized carbons (Fsp3) is 0.600. The van der Waals surface area contributed by atoms with Gasteiger partial charge in [0.25, 0.3) is 0 Å². The largest absolute Gasteiger partial charge is 0.327 e. The minimum Gasteiger partial charge on any atom is -0.327 e. The number of alkyl halides is 1. The Kier molecular flexibility index (Phi) is 3.25. The van der Waals surface area contributed by atoms with Gasteiger partial charge in [0.15, 0.2) is 0 Å². The van der Waals surface area contributed by atoms with E-state index in [1.807, 2.05) is 12.4 Å². The van der Waals surface area contributed by atoms with Crippen molar-refractivity contribution in [2.45, 2.75) is 39.7 Å². The van der Waals surface area contributed by atoms with Crippen LogP contribution in [-0.2, 0) is 13.0 Å². The van der Waals surface area contributed by atoms with Crippen LogP contribution in [0.25, 0.3) is 11.0 Å². The highest BCUT2D eigenvalue weighted by Crippen LogP contribution is 2.53. The Morgan fingerprint density at radius 2 is 2.21 bits per heavy atom. The second-order valence-electron chi connectivity index (χ2n) is 5.93. The molecule has 0 bridgehead atoms. The van der Waals surface area contributed by atoms with Crippen molar-refractivity contribution in [3.8, 4) is 0 Å². The number of halogens is 1. The molecule has 102 valence electrons. The SMILES string of the molecule is CC(C)C1(Cn2c(CCCl)nc3cnccc32)CC1. The number of imidazole rings is 1. The van der Waals surface area contributed by atoms with Crippen LogP contribution in [0.4, 0.5) is 0 Å². The average Bonchev–Trinajstić information content (AvgIpc) is 3.10. The van der Waals surface area contributed by atoms with Crippen LogP contribution in [-0.4, -0.2) is 20.4 Å². The summed E-state index contributed by atoms with van der Waals surface area (Å²) in [5.41, 5.74) is 2.65. The average molecular weight is 278 g/mol. The Hall–Kier alpha value is -1.09. The van der Waals surface area contributed by atoms with E-state index in [2.05, 4.69) is 34.4 Å². The summed E-state index contributed by atoms with van der Waals surface area (Å²) in [6, 6.07) is 2.07. The summed E-state index contributed by atoms with van der Waals surface area (Å²) in [7, 11) is 0. The molecule has 2 aromatic heterocycles. The van der Waals surface area contributed by atoms with E-state index in [-0.39, 0.29) is 0 Å². The summed E-state index contributed by atoms with van der Waals surface area (Å²) in [4.78, 5) is 8.86. The molecule has 0 aliphatic heterocycles. The number of aromatic nitrogens is 3. The van der Waals surface area contributed by atoms with Crippen LogP contribution in [0, 0.1) is 11.3 Å². The van der Waals surface area contributed by atoms with Crippen LogP contribution in [0.15, 0.2) is 18.5 Å². The summed E-state index contributed by atoms with van der Waals surface area (Å²) in [5, 5.41) is 0. The van der Waals surface area contributed by atoms with E-state index < -0.39 is 0 Å². The Morgan fingerprint density at radius 1 is 1.42 bits per heavy atom. The van der Waals surface area contributed by atoms with Crippen LogP contribution < -0.4 is 0 Å². The minimum absolute atomic E-state index is 0.470. The maximum absolute atomic E-state index is 5.92. The van der Waals surface area contributed by atoms with Crippen LogP contribution in [0.1, 0.15) is 32.5 Å². The molecule has 3 rings (SSSR count). The quantitative estimate of drug-likeness (QED) is 0.781. The summed E-state index contributed by atoms with van der Waals surface area (Å²) in [6.07, 6.45) is 7.17. The van der Waals surface area contributed by atoms with Gasteiger partial charge in [-0.2, -0.15) is 0 Å². The highest BCUT2D eigenvalue weighted by molar-refractivity contribution is 6.17. The second-order valence-corrected chi connectivity index (χ2v) is 6.31. The van der Waals surface area contributed by atoms with Gasteiger partial charge in [0.2, 0.25) is 0 Å². The van der Waals surface area contributed by atoms with Crippen molar-refractivity contribution in [2.24, 2.45) is 11.3 Å². The number of pyridine rings is 1. The van der Waals surface area contributed by atoms with Gasteiger partial charge in [0.1, 0.15) is 11.3 Å². The Morgan fingerprint density at radius 3 is 2.84 bits per heavy atom. The van der Waals surface area contributed by atoms with Crippen molar-refractivity contribution in [3.63, 3.8) is 0 Å². The smallest absolute Gasteiger partial charge is 0.111 e. The molecule has 19 heavy (non-hydrogen) atoms. The predicted molar refractivity (Wildman–Crippen MR) is 78.5 cm³/mol. The summed E-state index contributed by atoms with van der Waals surface area (Å²) >= 11 is 5.92. The van der Waals surface area contributed by atoms with Crippen molar-refractivity contribution < 1.29 is 0 Å². The second kappa shape index (κ2) is 4.78. The van der Waals surface area contributed by atoms with E-state index in [9.17, 15) is 0 Å². The van der Waals surface area contributed by atoms with Gasteiger partial charge >= 0.3 is 0 Å². The lowest BCUT2D eigenvalue weighted by molar-refractivity contribution is 0.309. The van der Waals surface area contributed by atoms with Crippen LogP contribution in [0.2, 0.25) is 0 Å². The van der Waals surface area contributed by atoms with Crippen LogP contribution in [0.5, 0.6) is 0 Å². The molecule has 0 atom stereocenters. The van der Waals surface area contributed by atoms with E-state index in [0.717, 1.165) is 30.2 Å². The Labute approximate surface area is 119 Å². The maximum Gasteiger partial charge on any atom is 0.111 e. The highest BCUT2D eigenvalue weighted by Gasteiger charge is 2.45. The van der Waals surface area contributed by atoms with E-state index in [1.54, 1.807) is 0 Å². The maximum atomic E-state index is 5.92. The molecule has 0 amide bonds. The third-order valence-corrected chi connectivity index (χ3v) is 4.73. The monoisotopic (exact) mass is 277 g/mol. The van der Waals surface area contributed by atoms with Crippen LogP contribution >= 0.6 is 11.6 Å². The van der Waals surface area contributed by atoms with E-state index in [0.29, 0.717) is 11.3 Å². The lowest BCUT2D eigenvalue weighted by Crippen LogP contribution is -2.19. The molecule has 1 fully saturated rings. The molecule has 0 N–H and O–H groups in total. The molecule has 3 nitrogen and oxygen atoms in total. The summed E-state index contributed by atoms with van der Waals surface area (Å²) in [5.74, 6) is 2.44. The van der Waals surface area contributed by atoms with Gasteiger partial charge in [0.05, 0.1) is 11.7 Å². The normalized spacial score (nSPS) is 17.3. The molecule has 0 unspecified atom stereocenters. The molecule has 1 aliphatic carbocycles. The number of nitrogens with zero attached hydrogens (tertiary/aromatic N) is 3. The van der Waals surface area contributed by atoms with E-state index >= 15 is 0 Å². The number of aryl methyl sites for hydroxylation is 1. The summed E-state index contributed by atoms with van der Waals surface area (Å²) in [6.45, 7) is 5.72. The van der Waals surface area contributed by atoms with Crippen molar-refractivity contribution in [2.75, 3.05) is 5.88 Å². The molecule has 2 heterocycles. The molecule has 0 spiro atoms. The number of hydrogen-bond donors (Lipinski definition) is 0. The third-order valence-electron chi connectivity index (χ3n) is 4.54. The van der Waals surface area contributed by atoms with Gasteiger partial charge in [-0.3, -0.25) is 4.98 Å². The van der Waals surface area contributed by atoms with Gasteiger partial charge < -0.3 is 4.57 Å². The zero-order chi connectivity index (χ0) is 13.5. The van der Waals surface area contributed by atoms with Crippen molar-refractivity contribution in [1.82, 2.24) is 14.5 Å². The van der Waals surface area contributed by atoms with Gasteiger partial charge in [0, 0.05) is 25.0 Å². The van der Waals surface area contributed by atoms with Crippen LogP contribution in [0.3, 0.4) is 0 Å². The number of rotatable bonds is 5. The van der Waals surface area contributed by atoms with Gasteiger partial charge in [-0.05, 0) is 30.2 Å². The minimum atomic E-state index is 0.470. The molecular formula is C15H20ClN3. The van der Waals surface area contributed by atoms with Gasteiger partial charge in [-0.15, -0.1) is 11.6 Å². The first-order chi connectivity index (χ1) is 9.16. The van der Waals surface area contributed by atoms with Gasteiger partial charge in [-0.25, -0.2) is 4.98 Å². The molecule has 0 saturated heterocycles.